The van der Waals surface area contributed by atoms with Crippen LogP contribution < -0.4 is 15.4 Å². The van der Waals surface area contributed by atoms with E-state index in [0.717, 1.165) is 23.5 Å². The minimum atomic E-state index is -0.172. The molecule has 0 aliphatic carbocycles. The fraction of sp³-hybridized carbons (Fsp3) is 0.364. The average molecular weight is 206 g/mol. The maximum Gasteiger partial charge on any atom is 0.246 e. The number of para-hydroxylation sites is 1. The Morgan fingerprint density at radius 1 is 1.47 bits per heavy atom. The summed E-state index contributed by atoms with van der Waals surface area (Å²) < 4.78 is 5.23. The van der Waals surface area contributed by atoms with Crippen LogP contribution in [0.4, 0.5) is 11.4 Å². The number of carbonyl (C=O) groups excluding carboxylic acids is 1. The van der Waals surface area contributed by atoms with Crippen molar-refractivity contribution < 1.29 is 9.53 Å². The molecule has 1 aromatic carbocycles. The Morgan fingerprint density at radius 3 is 2.93 bits per heavy atom. The summed E-state index contributed by atoms with van der Waals surface area (Å²) in [5, 5.41) is 6.03. The van der Waals surface area contributed by atoms with Gasteiger partial charge in [-0.3, -0.25) is 4.79 Å². The van der Waals surface area contributed by atoms with E-state index in [2.05, 4.69) is 10.6 Å². The van der Waals surface area contributed by atoms with Crippen LogP contribution in [0, 0.1) is 0 Å². The Bertz CT molecular complexity index is 390. The second kappa shape index (κ2) is 3.81. The molecule has 2 rings (SSSR count). The zero-order chi connectivity index (χ0) is 10.8. The van der Waals surface area contributed by atoms with Gasteiger partial charge in [0, 0.05) is 0 Å². The average Bonchev–Trinajstić information content (AvgIpc) is 2.27. The molecule has 1 amide bonds. The fourth-order valence-corrected chi connectivity index (χ4v) is 1.70. The van der Waals surface area contributed by atoms with Crippen LogP contribution in [0.3, 0.4) is 0 Å². The Hall–Kier alpha value is -1.71. The molecule has 1 atom stereocenters. The van der Waals surface area contributed by atoms with Gasteiger partial charge in [0.25, 0.3) is 0 Å². The maximum absolute atomic E-state index is 11.6. The van der Waals surface area contributed by atoms with Crippen molar-refractivity contribution in [2.45, 2.75) is 19.4 Å². The number of amides is 1. The number of nitrogens with one attached hydrogen (secondary N) is 2. The fourth-order valence-electron chi connectivity index (χ4n) is 1.70. The minimum Gasteiger partial charge on any atom is -0.495 e. The maximum atomic E-state index is 11.6. The van der Waals surface area contributed by atoms with Gasteiger partial charge < -0.3 is 15.4 Å². The van der Waals surface area contributed by atoms with Crippen molar-refractivity contribution in [1.82, 2.24) is 0 Å². The molecule has 0 bridgehead atoms. The van der Waals surface area contributed by atoms with Crippen molar-refractivity contribution >= 4 is 17.3 Å². The van der Waals surface area contributed by atoms with Gasteiger partial charge in [-0.05, 0) is 18.6 Å². The van der Waals surface area contributed by atoms with E-state index in [1.165, 1.54) is 0 Å². The molecule has 0 spiro atoms. The smallest absolute Gasteiger partial charge is 0.246 e. The lowest BCUT2D eigenvalue weighted by atomic mass is 10.1. The normalized spacial score (nSPS) is 18.8. The van der Waals surface area contributed by atoms with Crippen LogP contribution in [-0.2, 0) is 4.79 Å². The molecule has 0 fully saturated rings. The first-order valence-electron chi connectivity index (χ1n) is 5.00. The second-order valence-electron chi connectivity index (χ2n) is 3.48. The van der Waals surface area contributed by atoms with Crippen molar-refractivity contribution in [2.75, 3.05) is 17.7 Å². The number of fused-ring (bicyclic) bond motifs is 1. The second-order valence-corrected chi connectivity index (χ2v) is 3.48. The Morgan fingerprint density at radius 2 is 2.27 bits per heavy atom. The van der Waals surface area contributed by atoms with E-state index in [4.69, 9.17) is 4.74 Å². The molecule has 1 aliphatic rings. The van der Waals surface area contributed by atoms with Crippen molar-refractivity contribution in [3.63, 3.8) is 0 Å². The van der Waals surface area contributed by atoms with Crippen LogP contribution in [-0.4, -0.2) is 19.1 Å². The third-order valence-corrected chi connectivity index (χ3v) is 2.55. The lowest BCUT2D eigenvalue weighted by molar-refractivity contribution is -0.117. The number of anilines is 2. The van der Waals surface area contributed by atoms with Crippen molar-refractivity contribution in [3.05, 3.63) is 18.2 Å². The third kappa shape index (κ3) is 1.63. The van der Waals surface area contributed by atoms with E-state index >= 15 is 0 Å². The summed E-state index contributed by atoms with van der Waals surface area (Å²) in [4.78, 5) is 11.6. The molecular formula is C11H14N2O2. The lowest BCUT2D eigenvalue weighted by Gasteiger charge is -2.27. The molecule has 15 heavy (non-hydrogen) atoms. The van der Waals surface area contributed by atoms with E-state index in [-0.39, 0.29) is 11.9 Å². The molecule has 4 nitrogen and oxygen atoms in total. The van der Waals surface area contributed by atoms with E-state index in [1.807, 2.05) is 25.1 Å². The molecule has 0 saturated heterocycles. The van der Waals surface area contributed by atoms with Gasteiger partial charge in [0.05, 0.1) is 12.8 Å². The number of ether oxygens (including phenoxy) is 1. The van der Waals surface area contributed by atoms with Gasteiger partial charge >= 0.3 is 0 Å². The Balaban J connectivity index is 2.40. The molecule has 2 N–H and O–H groups in total. The van der Waals surface area contributed by atoms with Crippen molar-refractivity contribution in [2.24, 2.45) is 0 Å². The number of hydrogen-bond donors (Lipinski definition) is 2. The molecule has 1 unspecified atom stereocenters. The summed E-state index contributed by atoms with van der Waals surface area (Å²) in [6, 6.07) is 5.41. The predicted molar refractivity (Wildman–Crippen MR) is 59.3 cm³/mol. The molecule has 0 aromatic heterocycles. The Kier molecular flexibility index (Phi) is 2.49. The topological polar surface area (TPSA) is 50.4 Å². The van der Waals surface area contributed by atoms with E-state index in [0.29, 0.717) is 0 Å². The highest BCUT2D eigenvalue weighted by Gasteiger charge is 2.25. The summed E-state index contributed by atoms with van der Waals surface area (Å²) in [5.74, 6) is 0.768. The zero-order valence-electron chi connectivity index (χ0n) is 8.83. The first kappa shape index (κ1) is 9.83. The number of rotatable bonds is 2. The summed E-state index contributed by atoms with van der Waals surface area (Å²) >= 11 is 0. The first-order valence-corrected chi connectivity index (χ1v) is 5.00. The van der Waals surface area contributed by atoms with Crippen molar-refractivity contribution in [3.8, 4) is 5.75 Å². The molecule has 1 aliphatic heterocycles. The van der Waals surface area contributed by atoms with E-state index in [9.17, 15) is 4.79 Å². The third-order valence-electron chi connectivity index (χ3n) is 2.55. The number of benzene rings is 1. The lowest BCUT2D eigenvalue weighted by Crippen LogP contribution is -2.38. The van der Waals surface area contributed by atoms with Crippen LogP contribution in [0.15, 0.2) is 18.2 Å². The van der Waals surface area contributed by atoms with Gasteiger partial charge in [0.2, 0.25) is 5.91 Å². The molecule has 0 saturated carbocycles. The zero-order valence-corrected chi connectivity index (χ0v) is 8.83. The highest BCUT2D eigenvalue weighted by molar-refractivity contribution is 6.04. The van der Waals surface area contributed by atoms with Crippen molar-refractivity contribution in [1.29, 1.82) is 0 Å². The summed E-state index contributed by atoms with van der Waals surface area (Å²) in [5.41, 5.74) is 1.65. The highest BCUT2D eigenvalue weighted by atomic mass is 16.5. The molecule has 0 radical (unpaired) electrons. The largest absolute Gasteiger partial charge is 0.495 e. The SMILES string of the molecule is CCC1Nc2c(cccc2OC)NC1=O. The highest BCUT2D eigenvalue weighted by Crippen LogP contribution is 2.35. The summed E-state index contributed by atoms with van der Waals surface area (Å²) in [6.07, 6.45) is 0.753. The minimum absolute atomic E-state index is 0.0123. The molecular weight excluding hydrogens is 192 g/mol. The summed E-state index contributed by atoms with van der Waals surface area (Å²) in [6.45, 7) is 1.97. The van der Waals surface area contributed by atoms with Gasteiger partial charge in [-0.2, -0.15) is 0 Å². The first-order chi connectivity index (χ1) is 7.26. The van der Waals surface area contributed by atoms with Crippen LogP contribution >= 0.6 is 0 Å². The van der Waals surface area contributed by atoms with Crippen LogP contribution in [0.25, 0.3) is 0 Å². The molecule has 80 valence electrons. The molecule has 1 heterocycles. The van der Waals surface area contributed by atoms with Gasteiger partial charge in [-0.1, -0.05) is 13.0 Å². The van der Waals surface area contributed by atoms with Gasteiger partial charge in [-0.15, -0.1) is 0 Å². The van der Waals surface area contributed by atoms with Crippen LogP contribution in [0.5, 0.6) is 5.75 Å². The molecule has 4 heteroatoms. The van der Waals surface area contributed by atoms with Gasteiger partial charge in [0.15, 0.2) is 0 Å². The van der Waals surface area contributed by atoms with Crippen LogP contribution in [0.2, 0.25) is 0 Å². The number of methoxy groups -OCH3 is 1. The Labute approximate surface area is 88.6 Å². The molecule has 1 aromatic rings. The summed E-state index contributed by atoms with van der Waals surface area (Å²) in [7, 11) is 1.62. The predicted octanol–water partition coefficient (Wildman–Crippen LogP) is 1.84. The van der Waals surface area contributed by atoms with Gasteiger partial charge in [-0.25, -0.2) is 0 Å². The monoisotopic (exact) mass is 206 g/mol. The quantitative estimate of drug-likeness (QED) is 0.776. The van der Waals surface area contributed by atoms with E-state index in [1.54, 1.807) is 7.11 Å². The number of hydrogen-bond acceptors (Lipinski definition) is 3. The van der Waals surface area contributed by atoms with Crippen LogP contribution in [0.1, 0.15) is 13.3 Å². The van der Waals surface area contributed by atoms with Gasteiger partial charge in [0.1, 0.15) is 17.5 Å². The van der Waals surface area contributed by atoms with E-state index < -0.39 is 0 Å². The number of carbonyl (C=O) groups is 1. The standard InChI is InChI=1S/C11H14N2O2/c1-3-7-11(14)13-8-5-4-6-9(15-2)10(8)12-7/h4-7,12H,3H2,1-2H3,(H,13,14).